The van der Waals surface area contributed by atoms with Gasteiger partial charge in [-0.2, -0.15) is 0 Å². The molecule has 0 aromatic heterocycles. The van der Waals surface area contributed by atoms with Crippen LogP contribution in [0.25, 0.3) is 0 Å². The quantitative estimate of drug-likeness (QED) is 0.473. The second-order valence-corrected chi connectivity index (χ2v) is 4.35. The Morgan fingerprint density at radius 2 is 2.25 bits per heavy atom. The van der Waals surface area contributed by atoms with E-state index < -0.39 is 0 Å². The highest BCUT2D eigenvalue weighted by Crippen LogP contribution is 2.19. The van der Waals surface area contributed by atoms with Gasteiger partial charge in [0.2, 0.25) is 0 Å². The Kier molecular flexibility index (Phi) is 5.45. The van der Waals surface area contributed by atoms with Gasteiger partial charge in [0.25, 0.3) is 0 Å². The van der Waals surface area contributed by atoms with E-state index in [0.717, 1.165) is 15.4 Å². The van der Waals surface area contributed by atoms with Crippen molar-refractivity contribution in [2.24, 2.45) is 0 Å². The van der Waals surface area contributed by atoms with Gasteiger partial charge in [0.15, 0.2) is 0 Å². The molecule has 0 atom stereocenters. The smallest absolute Gasteiger partial charge is 0.338 e. The first-order valence-corrected chi connectivity index (χ1v) is 6.16. The average Bonchev–Trinajstić information content (AvgIpc) is 2.27. The van der Waals surface area contributed by atoms with Gasteiger partial charge < -0.3 is 9.53 Å². The van der Waals surface area contributed by atoms with E-state index in [-0.39, 0.29) is 5.97 Å². The van der Waals surface area contributed by atoms with E-state index in [2.05, 4.69) is 22.6 Å². The Balaban J connectivity index is 3.01. The molecule has 3 nitrogen and oxygen atoms in total. The molecular weight excluding hydrogens is 319 g/mol. The molecule has 0 amide bonds. The summed E-state index contributed by atoms with van der Waals surface area (Å²) in [5.41, 5.74) is 1.46. The van der Waals surface area contributed by atoms with E-state index in [1.54, 1.807) is 13.0 Å². The summed E-state index contributed by atoms with van der Waals surface area (Å²) in [5.74, 6) is -0.318. The lowest BCUT2D eigenvalue weighted by Crippen LogP contribution is -2.09. The van der Waals surface area contributed by atoms with Crippen LogP contribution in [0.1, 0.15) is 29.3 Å². The number of ether oxygens (including phenoxy) is 1. The Labute approximate surface area is 108 Å². The minimum Gasteiger partial charge on any atom is -0.462 e. The Morgan fingerprint density at radius 3 is 2.88 bits per heavy atom. The molecule has 16 heavy (non-hydrogen) atoms. The van der Waals surface area contributed by atoms with E-state index in [0.29, 0.717) is 25.0 Å². The second kappa shape index (κ2) is 6.62. The van der Waals surface area contributed by atoms with Gasteiger partial charge in [0, 0.05) is 9.99 Å². The molecule has 0 unspecified atom stereocenters. The highest BCUT2D eigenvalue weighted by atomic mass is 127. The van der Waals surface area contributed by atoms with Crippen molar-refractivity contribution in [2.45, 2.75) is 19.8 Å². The molecule has 1 aromatic carbocycles. The average molecular weight is 332 g/mol. The van der Waals surface area contributed by atoms with Crippen LogP contribution in [0.5, 0.6) is 0 Å². The molecule has 0 saturated heterocycles. The zero-order valence-corrected chi connectivity index (χ0v) is 11.2. The highest BCUT2D eigenvalue weighted by molar-refractivity contribution is 14.1. The molecular formula is C12H13IO3. The van der Waals surface area contributed by atoms with E-state index >= 15 is 0 Å². The predicted octanol–water partition coefficient (Wildman–Crippen LogP) is 2.60. The number of aldehydes is 1. The molecule has 0 aliphatic rings. The van der Waals surface area contributed by atoms with Crippen molar-refractivity contribution < 1.29 is 14.3 Å². The van der Waals surface area contributed by atoms with Crippen molar-refractivity contribution in [3.63, 3.8) is 0 Å². The van der Waals surface area contributed by atoms with Crippen molar-refractivity contribution in [3.05, 3.63) is 32.9 Å². The first-order valence-electron chi connectivity index (χ1n) is 5.08. The minimum absolute atomic E-state index is 0.318. The summed E-state index contributed by atoms with van der Waals surface area (Å²) < 4.78 is 5.96. The monoisotopic (exact) mass is 332 g/mol. The fraction of sp³-hybridized carbons (Fsp3) is 0.333. The fourth-order valence-corrected chi connectivity index (χ4v) is 2.18. The molecule has 0 bridgehead atoms. The van der Waals surface area contributed by atoms with Crippen molar-refractivity contribution in [1.82, 2.24) is 0 Å². The zero-order chi connectivity index (χ0) is 12.0. The molecule has 1 aromatic rings. The highest BCUT2D eigenvalue weighted by Gasteiger charge is 2.14. The second-order valence-electron chi connectivity index (χ2n) is 3.19. The lowest BCUT2D eigenvalue weighted by atomic mass is 10.0. The van der Waals surface area contributed by atoms with Crippen LogP contribution in [-0.4, -0.2) is 18.9 Å². The largest absolute Gasteiger partial charge is 0.462 e. The van der Waals surface area contributed by atoms with Crippen molar-refractivity contribution in [1.29, 1.82) is 0 Å². The lowest BCUT2D eigenvalue weighted by Gasteiger charge is -2.09. The first kappa shape index (κ1) is 13.2. The Morgan fingerprint density at radius 1 is 1.50 bits per heavy atom. The Hall–Kier alpha value is -0.910. The summed E-state index contributed by atoms with van der Waals surface area (Å²) in [6, 6.07) is 5.47. The van der Waals surface area contributed by atoms with Gasteiger partial charge in [-0.05, 0) is 53.6 Å². The number of rotatable bonds is 5. The lowest BCUT2D eigenvalue weighted by molar-refractivity contribution is -0.107. The van der Waals surface area contributed by atoms with E-state index in [4.69, 9.17) is 4.74 Å². The van der Waals surface area contributed by atoms with Gasteiger partial charge in [0.05, 0.1) is 12.2 Å². The third kappa shape index (κ3) is 3.30. The van der Waals surface area contributed by atoms with Crippen LogP contribution in [0.3, 0.4) is 0 Å². The maximum Gasteiger partial charge on any atom is 0.338 e. The molecule has 0 saturated carbocycles. The van der Waals surface area contributed by atoms with Crippen molar-refractivity contribution in [3.8, 4) is 0 Å². The number of carbonyl (C=O) groups excluding carboxylic acids is 2. The van der Waals surface area contributed by atoms with Gasteiger partial charge >= 0.3 is 5.97 Å². The van der Waals surface area contributed by atoms with E-state index in [1.165, 1.54) is 0 Å². The van der Waals surface area contributed by atoms with E-state index in [9.17, 15) is 9.59 Å². The maximum atomic E-state index is 11.7. The predicted molar refractivity (Wildman–Crippen MR) is 69.5 cm³/mol. The van der Waals surface area contributed by atoms with Gasteiger partial charge in [-0.15, -0.1) is 0 Å². The van der Waals surface area contributed by atoms with Gasteiger partial charge in [-0.25, -0.2) is 4.79 Å². The van der Waals surface area contributed by atoms with Gasteiger partial charge in [-0.3, -0.25) is 0 Å². The van der Waals surface area contributed by atoms with Gasteiger partial charge in [0.1, 0.15) is 6.29 Å². The van der Waals surface area contributed by atoms with Crippen LogP contribution in [0.2, 0.25) is 0 Å². The molecule has 0 aliphatic heterocycles. The van der Waals surface area contributed by atoms with Crippen LogP contribution in [-0.2, 0) is 16.0 Å². The summed E-state index contributed by atoms with van der Waals surface area (Å²) in [7, 11) is 0. The number of hydrogen-bond acceptors (Lipinski definition) is 3. The fourth-order valence-electron chi connectivity index (χ4n) is 1.42. The summed E-state index contributed by atoms with van der Waals surface area (Å²) >= 11 is 2.16. The molecule has 0 aliphatic carbocycles. The van der Waals surface area contributed by atoms with Crippen LogP contribution in [0.15, 0.2) is 18.2 Å². The molecule has 0 fully saturated rings. The third-order valence-electron chi connectivity index (χ3n) is 2.13. The molecule has 0 heterocycles. The standard InChI is InChI=1S/C12H13IO3/c1-2-16-12(15)10-5-3-7-11(13)9(10)6-4-8-14/h3,5,7-8H,2,4,6H2,1H3. The van der Waals surface area contributed by atoms with Crippen molar-refractivity contribution >= 4 is 34.8 Å². The van der Waals surface area contributed by atoms with Crippen LogP contribution < -0.4 is 0 Å². The van der Waals surface area contributed by atoms with Crippen molar-refractivity contribution in [2.75, 3.05) is 6.61 Å². The number of halogens is 1. The number of esters is 1. The topological polar surface area (TPSA) is 43.4 Å². The minimum atomic E-state index is -0.318. The normalized spacial score (nSPS) is 9.88. The zero-order valence-electron chi connectivity index (χ0n) is 9.03. The summed E-state index contributed by atoms with van der Waals surface area (Å²) in [4.78, 5) is 22.0. The number of hydrogen-bond donors (Lipinski definition) is 0. The molecule has 1 rings (SSSR count). The van der Waals surface area contributed by atoms with Crippen LogP contribution >= 0.6 is 22.6 Å². The van der Waals surface area contributed by atoms with Gasteiger partial charge in [-0.1, -0.05) is 6.07 Å². The summed E-state index contributed by atoms with van der Waals surface area (Å²) in [6.07, 6.45) is 1.86. The summed E-state index contributed by atoms with van der Waals surface area (Å²) in [6.45, 7) is 2.13. The van der Waals surface area contributed by atoms with E-state index in [1.807, 2.05) is 12.1 Å². The number of carbonyl (C=O) groups is 2. The molecule has 0 radical (unpaired) electrons. The first-order chi connectivity index (χ1) is 7.70. The third-order valence-corrected chi connectivity index (χ3v) is 3.14. The molecule has 0 spiro atoms. The maximum absolute atomic E-state index is 11.7. The SMILES string of the molecule is CCOC(=O)c1cccc(I)c1CCC=O. The van der Waals surface area contributed by atoms with Crippen LogP contribution in [0, 0.1) is 3.57 Å². The number of benzene rings is 1. The summed E-state index contributed by atoms with van der Waals surface area (Å²) in [5, 5.41) is 0. The molecule has 0 N–H and O–H groups in total. The van der Waals surface area contributed by atoms with Crippen LogP contribution in [0.4, 0.5) is 0 Å². The molecule has 86 valence electrons. The Bertz CT molecular complexity index is 388. The molecule has 4 heteroatoms.